The zero-order valence-electron chi connectivity index (χ0n) is 22.2. The zero-order valence-corrected chi connectivity index (χ0v) is 23.0. The molecule has 208 valence electrons. The maximum Gasteiger partial charge on any atom is 0.343 e. The first-order valence-corrected chi connectivity index (χ1v) is 14.1. The van der Waals surface area contributed by atoms with E-state index in [4.69, 9.17) is 14.2 Å². The number of nitrogens with one attached hydrogen (secondary N) is 2. The Morgan fingerprint density at radius 3 is 2.56 bits per heavy atom. The van der Waals surface area contributed by atoms with E-state index in [0.29, 0.717) is 42.3 Å². The van der Waals surface area contributed by atoms with Crippen molar-refractivity contribution in [1.82, 2.24) is 9.62 Å². The van der Waals surface area contributed by atoms with Crippen molar-refractivity contribution in [3.63, 3.8) is 0 Å². The van der Waals surface area contributed by atoms with E-state index in [2.05, 4.69) is 15.6 Å². The number of benzene rings is 2. The molecule has 11 nitrogen and oxygen atoms in total. The number of aliphatic imine (C=N–C) groups is 1. The predicted molar refractivity (Wildman–Crippen MR) is 146 cm³/mol. The van der Waals surface area contributed by atoms with Crippen LogP contribution in [0.25, 0.3) is 0 Å². The molecular weight excluding hydrogens is 524 g/mol. The summed E-state index contributed by atoms with van der Waals surface area (Å²) in [6, 6.07) is 11.8. The number of fused-ring (bicyclic) bond motifs is 1. The Hall–Kier alpha value is -3.74. The Morgan fingerprint density at radius 2 is 1.87 bits per heavy atom. The highest BCUT2D eigenvalue weighted by molar-refractivity contribution is 7.89. The second kappa shape index (κ2) is 12.4. The lowest BCUT2D eigenvalue weighted by Crippen LogP contribution is -2.40. The van der Waals surface area contributed by atoms with Gasteiger partial charge in [0.2, 0.25) is 15.9 Å². The highest BCUT2D eigenvalue weighted by Crippen LogP contribution is 2.32. The highest BCUT2D eigenvalue weighted by Gasteiger charge is 2.30. The van der Waals surface area contributed by atoms with E-state index in [-0.39, 0.29) is 48.2 Å². The quantitative estimate of drug-likeness (QED) is 0.474. The van der Waals surface area contributed by atoms with Crippen molar-refractivity contribution in [2.45, 2.75) is 31.6 Å². The van der Waals surface area contributed by atoms with Gasteiger partial charge in [0.05, 0.1) is 44.7 Å². The summed E-state index contributed by atoms with van der Waals surface area (Å²) in [6.45, 7) is 4.80. The second-order valence-electron chi connectivity index (χ2n) is 8.76. The summed E-state index contributed by atoms with van der Waals surface area (Å²) in [5, 5.41) is 5.99. The molecule has 2 aliphatic heterocycles. The first-order valence-electron chi connectivity index (χ1n) is 12.7. The van der Waals surface area contributed by atoms with Gasteiger partial charge in [0, 0.05) is 18.8 Å². The molecule has 2 N–H and O–H groups in total. The van der Waals surface area contributed by atoms with E-state index in [0.717, 1.165) is 0 Å². The lowest BCUT2D eigenvalue weighted by Gasteiger charge is -2.26. The number of carbonyl (C=O) groups is 2. The summed E-state index contributed by atoms with van der Waals surface area (Å²) >= 11 is 0. The number of amidine groups is 1. The van der Waals surface area contributed by atoms with E-state index in [1.54, 1.807) is 25.1 Å². The van der Waals surface area contributed by atoms with E-state index in [1.807, 2.05) is 19.1 Å². The molecule has 1 fully saturated rings. The largest absolute Gasteiger partial charge is 0.495 e. The fraction of sp³-hybridized carbons (Fsp3) is 0.370. The minimum absolute atomic E-state index is 0.0255. The number of amides is 1. The molecule has 0 atom stereocenters. The second-order valence-corrected chi connectivity index (χ2v) is 10.7. The van der Waals surface area contributed by atoms with Crippen LogP contribution in [-0.2, 0) is 35.5 Å². The normalized spacial score (nSPS) is 15.9. The lowest BCUT2D eigenvalue weighted by atomic mass is 10.1. The van der Waals surface area contributed by atoms with Crippen LogP contribution < -0.4 is 15.4 Å². The molecule has 1 amide bonds. The predicted octanol–water partition coefficient (Wildman–Crippen LogP) is 2.76. The third-order valence-corrected chi connectivity index (χ3v) is 8.15. The fourth-order valence-electron chi connectivity index (χ4n) is 4.32. The molecule has 0 bridgehead atoms. The summed E-state index contributed by atoms with van der Waals surface area (Å²) in [6.07, 6.45) is 0.292. The molecule has 2 aromatic rings. The number of hydrogen-bond acceptors (Lipinski definition) is 9. The molecule has 39 heavy (non-hydrogen) atoms. The van der Waals surface area contributed by atoms with Gasteiger partial charge >= 0.3 is 5.97 Å². The number of anilines is 1. The van der Waals surface area contributed by atoms with Gasteiger partial charge in [-0.3, -0.25) is 4.79 Å². The van der Waals surface area contributed by atoms with Crippen molar-refractivity contribution in [2.24, 2.45) is 4.99 Å². The average Bonchev–Trinajstić information content (AvgIpc) is 3.09. The highest BCUT2D eigenvalue weighted by atomic mass is 32.2. The van der Waals surface area contributed by atoms with Crippen molar-refractivity contribution in [2.75, 3.05) is 45.3 Å². The van der Waals surface area contributed by atoms with Crippen molar-refractivity contribution >= 4 is 39.1 Å². The molecule has 0 saturated carbocycles. The summed E-state index contributed by atoms with van der Waals surface area (Å²) in [5.74, 6) is -0.855. The Balaban J connectivity index is 1.64. The van der Waals surface area contributed by atoms with Crippen LogP contribution in [0.3, 0.4) is 0 Å². The van der Waals surface area contributed by atoms with Gasteiger partial charge in [0.15, 0.2) is 0 Å². The van der Waals surface area contributed by atoms with Crippen LogP contribution in [0.1, 0.15) is 25.8 Å². The van der Waals surface area contributed by atoms with Gasteiger partial charge in [-0.1, -0.05) is 25.1 Å². The summed E-state index contributed by atoms with van der Waals surface area (Å²) < 4.78 is 43.9. The molecular formula is C27H32N4O7S. The van der Waals surface area contributed by atoms with Gasteiger partial charge in [-0.2, -0.15) is 4.31 Å². The van der Waals surface area contributed by atoms with Crippen LogP contribution in [0.5, 0.6) is 5.75 Å². The Kier molecular flexibility index (Phi) is 9.00. The van der Waals surface area contributed by atoms with Crippen LogP contribution in [-0.4, -0.2) is 70.5 Å². The molecule has 2 heterocycles. The molecule has 0 aromatic heterocycles. The lowest BCUT2D eigenvalue weighted by molar-refractivity contribution is -0.137. The van der Waals surface area contributed by atoms with Crippen molar-refractivity contribution in [3.8, 4) is 5.75 Å². The van der Waals surface area contributed by atoms with Crippen LogP contribution in [0.2, 0.25) is 0 Å². The maximum atomic E-state index is 13.3. The first kappa shape index (κ1) is 28.3. The number of ether oxygens (including phenoxy) is 3. The summed E-state index contributed by atoms with van der Waals surface area (Å²) in [7, 11) is -2.48. The SMILES string of the molecule is CCOC(=O)C1=C(CC)Nc2ccccc2N=C1NC(=O)Cc1ccc(OC)c(S(=O)(=O)N2CCOCC2)c1. The standard InChI is InChI=1S/C27H32N4O7S/c1-4-19-25(27(33)38-5-2)26(29-21-9-7-6-8-20(21)28-19)30-24(32)17-18-10-11-22(36-3)23(16-18)39(34,35)31-12-14-37-15-13-31/h6-11,16,28H,4-5,12-15,17H2,1-3H3,(H,29,30,32). The number of methoxy groups -OCH3 is 1. The molecule has 12 heteroatoms. The van der Waals surface area contributed by atoms with Gasteiger partial charge < -0.3 is 24.8 Å². The number of allylic oxidation sites excluding steroid dienone is 1. The molecule has 0 radical (unpaired) electrons. The zero-order chi connectivity index (χ0) is 28.0. The van der Waals surface area contributed by atoms with E-state index in [9.17, 15) is 18.0 Å². The number of esters is 1. The molecule has 0 aliphatic carbocycles. The number of sulfonamides is 1. The monoisotopic (exact) mass is 556 g/mol. The average molecular weight is 557 g/mol. The molecule has 0 unspecified atom stereocenters. The third-order valence-electron chi connectivity index (χ3n) is 6.23. The third kappa shape index (κ3) is 6.29. The van der Waals surface area contributed by atoms with E-state index >= 15 is 0 Å². The molecule has 4 rings (SSSR count). The van der Waals surface area contributed by atoms with E-state index < -0.39 is 21.9 Å². The minimum Gasteiger partial charge on any atom is -0.495 e. The summed E-state index contributed by atoms with van der Waals surface area (Å²) in [5.41, 5.74) is 2.37. The van der Waals surface area contributed by atoms with Gasteiger partial charge in [-0.05, 0) is 43.2 Å². The van der Waals surface area contributed by atoms with Crippen molar-refractivity contribution in [3.05, 3.63) is 59.3 Å². The van der Waals surface area contributed by atoms with Crippen LogP contribution >= 0.6 is 0 Å². The Labute approximate surface area is 227 Å². The van der Waals surface area contributed by atoms with Crippen LogP contribution in [0.4, 0.5) is 11.4 Å². The number of nitrogens with zero attached hydrogens (tertiary/aromatic N) is 2. The molecule has 1 saturated heterocycles. The topological polar surface area (TPSA) is 136 Å². The Bertz CT molecular complexity index is 1410. The number of hydrogen-bond donors (Lipinski definition) is 2. The van der Waals surface area contributed by atoms with E-state index in [1.165, 1.54) is 23.5 Å². The number of morpholine rings is 1. The fourth-order valence-corrected chi connectivity index (χ4v) is 5.93. The van der Waals surface area contributed by atoms with Gasteiger partial charge in [0.25, 0.3) is 0 Å². The minimum atomic E-state index is -3.87. The van der Waals surface area contributed by atoms with Crippen LogP contribution in [0.15, 0.2) is 63.6 Å². The Morgan fingerprint density at radius 1 is 1.13 bits per heavy atom. The number of carbonyl (C=O) groups excluding carboxylic acids is 2. The van der Waals surface area contributed by atoms with Crippen molar-refractivity contribution < 1.29 is 32.2 Å². The van der Waals surface area contributed by atoms with Gasteiger partial charge in [-0.25, -0.2) is 18.2 Å². The molecule has 2 aliphatic rings. The van der Waals surface area contributed by atoms with Gasteiger partial charge in [-0.15, -0.1) is 0 Å². The first-order chi connectivity index (χ1) is 18.8. The summed E-state index contributed by atoms with van der Waals surface area (Å²) in [4.78, 5) is 30.8. The van der Waals surface area contributed by atoms with Crippen LogP contribution in [0, 0.1) is 0 Å². The number of para-hydroxylation sites is 2. The molecule has 2 aromatic carbocycles. The smallest absolute Gasteiger partial charge is 0.343 e. The van der Waals surface area contributed by atoms with Crippen molar-refractivity contribution in [1.29, 1.82) is 0 Å². The van der Waals surface area contributed by atoms with Gasteiger partial charge in [0.1, 0.15) is 22.1 Å². The number of rotatable bonds is 8. The maximum absolute atomic E-state index is 13.3. The molecule has 0 spiro atoms.